The van der Waals surface area contributed by atoms with Crippen LogP contribution >= 0.6 is 15.9 Å². The third kappa shape index (κ3) is 3.03. The van der Waals surface area contributed by atoms with Crippen LogP contribution in [-0.2, 0) is 0 Å². The number of carbonyl (C=O) groups excluding carboxylic acids is 1. The zero-order valence-electron chi connectivity index (χ0n) is 14.4. The number of furan rings is 1. The Morgan fingerprint density at radius 2 is 1.85 bits per heavy atom. The van der Waals surface area contributed by atoms with Gasteiger partial charge in [-0.05, 0) is 42.8 Å². The Balaban J connectivity index is 1.70. The Morgan fingerprint density at radius 1 is 1.08 bits per heavy atom. The second kappa shape index (κ2) is 7.00. The summed E-state index contributed by atoms with van der Waals surface area (Å²) in [6, 6.07) is 19.5. The van der Waals surface area contributed by atoms with Crippen molar-refractivity contribution in [1.29, 1.82) is 0 Å². The Morgan fingerprint density at radius 3 is 2.62 bits per heavy atom. The number of amides is 1. The average Bonchev–Trinajstić information content (AvgIpc) is 3.14. The lowest BCUT2D eigenvalue weighted by atomic mass is 10.1. The fraction of sp³-hybridized carbons (Fsp3) is 0.190. The number of halogens is 1. The summed E-state index contributed by atoms with van der Waals surface area (Å²) in [5, 5.41) is 3.46. The molecule has 0 spiro atoms. The zero-order valence-corrected chi connectivity index (χ0v) is 16.0. The van der Waals surface area contributed by atoms with Gasteiger partial charge in [-0.25, -0.2) is 0 Å². The van der Waals surface area contributed by atoms with Gasteiger partial charge in [0, 0.05) is 22.3 Å². The van der Waals surface area contributed by atoms with Gasteiger partial charge in [-0.2, -0.15) is 0 Å². The number of para-hydroxylation sites is 1. The van der Waals surface area contributed by atoms with Gasteiger partial charge < -0.3 is 14.6 Å². The largest absolute Gasteiger partial charge is 0.457 e. The molecule has 4 nitrogen and oxygen atoms in total. The van der Waals surface area contributed by atoms with E-state index in [-0.39, 0.29) is 12.1 Å². The highest BCUT2D eigenvalue weighted by molar-refractivity contribution is 9.10. The molecule has 4 rings (SSSR count). The second-order valence-electron chi connectivity index (χ2n) is 6.30. The minimum Gasteiger partial charge on any atom is -0.457 e. The highest BCUT2D eigenvalue weighted by Gasteiger charge is 2.34. The highest BCUT2D eigenvalue weighted by Crippen LogP contribution is 2.35. The van der Waals surface area contributed by atoms with Crippen molar-refractivity contribution in [2.24, 2.45) is 0 Å². The minimum atomic E-state index is -0.304. The summed E-state index contributed by atoms with van der Waals surface area (Å²) in [5.41, 5.74) is 2.55. The summed E-state index contributed by atoms with van der Waals surface area (Å²) in [6.45, 7) is 2.74. The number of anilines is 1. The molecule has 1 unspecified atom stereocenters. The first-order valence-corrected chi connectivity index (χ1v) is 9.49. The highest BCUT2D eigenvalue weighted by atomic mass is 79.9. The molecule has 1 atom stereocenters. The van der Waals surface area contributed by atoms with E-state index < -0.39 is 0 Å². The van der Waals surface area contributed by atoms with Gasteiger partial charge in [0.15, 0.2) is 6.17 Å². The number of hydrogen-bond acceptors (Lipinski definition) is 3. The van der Waals surface area contributed by atoms with Gasteiger partial charge in [-0.3, -0.25) is 4.79 Å². The van der Waals surface area contributed by atoms with E-state index in [1.807, 2.05) is 65.6 Å². The molecule has 0 bridgehead atoms. The molecule has 2 aromatic carbocycles. The van der Waals surface area contributed by atoms with Crippen molar-refractivity contribution >= 4 is 27.5 Å². The van der Waals surface area contributed by atoms with Crippen LogP contribution in [0.3, 0.4) is 0 Å². The van der Waals surface area contributed by atoms with E-state index >= 15 is 0 Å². The van der Waals surface area contributed by atoms with E-state index in [4.69, 9.17) is 4.42 Å². The topological polar surface area (TPSA) is 45.5 Å². The van der Waals surface area contributed by atoms with Crippen LogP contribution in [0, 0.1) is 0 Å². The monoisotopic (exact) mass is 410 g/mol. The van der Waals surface area contributed by atoms with Crippen molar-refractivity contribution < 1.29 is 9.21 Å². The zero-order chi connectivity index (χ0) is 18.1. The molecular formula is C21H19BrN2O2. The van der Waals surface area contributed by atoms with Crippen molar-refractivity contribution in [2.75, 3.05) is 11.9 Å². The fourth-order valence-electron chi connectivity index (χ4n) is 3.26. The number of nitrogens with zero attached hydrogens (tertiary/aromatic N) is 1. The SMILES string of the molecule is CCCN1C(=O)c2ccccc2NC1c1ccc(-c2ccc(Br)cc2)o1. The third-order valence-electron chi connectivity index (χ3n) is 4.51. The lowest BCUT2D eigenvalue weighted by molar-refractivity contribution is 0.0664. The van der Waals surface area contributed by atoms with E-state index in [1.54, 1.807) is 0 Å². The fourth-order valence-corrected chi connectivity index (χ4v) is 3.52. The molecule has 132 valence electrons. The molecule has 1 aromatic heterocycles. The lowest BCUT2D eigenvalue weighted by Crippen LogP contribution is -2.43. The molecule has 1 amide bonds. The Labute approximate surface area is 160 Å². The minimum absolute atomic E-state index is 0.0350. The number of rotatable bonds is 4. The summed E-state index contributed by atoms with van der Waals surface area (Å²) in [4.78, 5) is 14.8. The first kappa shape index (κ1) is 16.9. The maximum absolute atomic E-state index is 12.9. The molecule has 26 heavy (non-hydrogen) atoms. The first-order chi connectivity index (χ1) is 12.7. The number of fused-ring (bicyclic) bond motifs is 1. The average molecular weight is 411 g/mol. The molecule has 0 aliphatic carbocycles. The first-order valence-electron chi connectivity index (χ1n) is 8.69. The molecule has 0 saturated carbocycles. The molecular weight excluding hydrogens is 392 g/mol. The normalized spacial score (nSPS) is 16.3. The van der Waals surface area contributed by atoms with Crippen molar-refractivity contribution in [3.63, 3.8) is 0 Å². The van der Waals surface area contributed by atoms with Gasteiger partial charge in [0.1, 0.15) is 11.5 Å². The van der Waals surface area contributed by atoms with Crippen LogP contribution in [0.4, 0.5) is 5.69 Å². The second-order valence-corrected chi connectivity index (χ2v) is 7.22. The summed E-state index contributed by atoms with van der Waals surface area (Å²) in [7, 11) is 0. The summed E-state index contributed by atoms with van der Waals surface area (Å²) >= 11 is 3.45. The smallest absolute Gasteiger partial charge is 0.257 e. The van der Waals surface area contributed by atoms with Crippen LogP contribution in [0.1, 0.15) is 35.6 Å². The van der Waals surface area contributed by atoms with Crippen LogP contribution in [0.25, 0.3) is 11.3 Å². The molecule has 1 aliphatic rings. The predicted octanol–water partition coefficient (Wildman–Crippen LogP) is 5.69. The predicted molar refractivity (Wildman–Crippen MR) is 106 cm³/mol. The number of carbonyl (C=O) groups is 1. The van der Waals surface area contributed by atoms with E-state index in [1.165, 1.54) is 0 Å². The van der Waals surface area contributed by atoms with Gasteiger partial charge in [0.25, 0.3) is 5.91 Å². The Hall–Kier alpha value is -2.53. The third-order valence-corrected chi connectivity index (χ3v) is 5.04. The van der Waals surface area contributed by atoms with Gasteiger partial charge in [-0.15, -0.1) is 0 Å². The van der Waals surface area contributed by atoms with E-state index in [2.05, 4.69) is 28.2 Å². The molecule has 2 heterocycles. The summed E-state index contributed by atoms with van der Waals surface area (Å²) < 4.78 is 7.14. The van der Waals surface area contributed by atoms with Gasteiger partial charge in [0.2, 0.25) is 0 Å². The van der Waals surface area contributed by atoms with Crippen LogP contribution in [-0.4, -0.2) is 17.4 Å². The molecule has 0 radical (unpaired) electrons. The van der Waals surface area contributed by atoms with Crippen LogP contribution in [0.2, 0.25) is 0 Å². The maximum Gasteiger partial charge on any atom is 0.257 e. The number of benzene rings is 2. The molecule has 3 aromatic rings. The van der Waals surface area contributed by atoms with Crippen molar-refractivity contribution in [2.45, 2.75) is 19.5 Å². The van der Waals surface area contributed by atoms with Crippen molar-refractivity contribution in [1.82, 2.24) is 4.90 Å². The van der Waals surface area contributed by atoms with Gasteiger partial charge in [0.05, 0.1) is 5.56 Å². The van der Waals surface area contributed by atoms with Crippen LogP contribution in [0.15, 0.2) is 69.6 Å². The number of nitrogens with one attached hydrogen (secondary N) is 1. The molecule has 0 saturated heterocycles. The molecule has 0 fully saturated rings. The van der Waals surface area contributed by atoms with E-state index in [9.17, 15) is 4.79 Å². The maximum atomic E-state index is 12.9. The van der Waals surface area contributed by atoms with Gasteiger partial charge >= 0.3 is 0 Å². The summed E-state index contributed by atoms with van der Waals surface area (Å²) in [6.07, 6.45) is 0.577. The molecule has 5 heteroatoms. The van der Waals surface area contributed by atoms with Crippen molar-refractivity contribution in [3.8, 4) is 11.3 Å². The lowest BCUT2D eigenvalue weighted by Gasteiger charge is -2.36. The Kier molecular flexibility index (Phi) is 4.55. The standard InChI is InChI=1S/C21H19BrN2O2/c1-2-13-24-20(23-17-6-4-3-5-16(17)21(24)25)19-12-11-18(26-19)14-7-9-15(22)10-8-14/h3-12,20,23H,2,13H2,1H3. The Bertz CT molecular complexity index is 933. The van der Waals surface area contributed by atoms with E-state index in [0.29, 0.717) is 12.1 Å². The van der Waals surface area contributed by atoms with E-state index in [0.717, 1.165) is 33.7 Å². The summed E-state index contributed by atoms with van der Waals surface area (Å²) in [5.74, 6) is 1.56. The number of hydrogen-bond donors (Lipinski definition) is 1. The molecule has 1 aliphatic heterocycles. The molecule has 1 N–H and O–H groups in total. The van der Waals surface area contributed by atoms with Gasteiger partial charge in [-0.1, -0.05) is 47.1 Å². The van der Waals surface area contributed by atoms with Crippen LogP contribution < -0.4 is 5.32 Å². The van der Waals surface area contributed by atoms with Crippen molar-refractivity contribution in [3.05, 3.63) is 76.5 Å². The van der Waals surface area contributed by atoms with Crippen LogP contribution in [0.5, 0.6) is 0 Å². The quantitative estimate of drug-likeness (QED) is 0.600.